The topological polar surface area (TPSA) is 106 Å². The molecule has 4 N–H and O–H groups in total. The van der Waals surface area contributed by atoms with Gasteiger partial charge in [-0.2, -0.15) is 0 Å². The van der Waals surface area contributed by atoms with Crippen molar-refractivity contribution in [3.8, 4) is 0 Å². The van der Waals surface area contributed by atoms with Gasteiger partial charge in [-0.15, -0.1) is 5.10 Å². The Morgan fingerprint density at radius 2 is 2.17 bits per heavy atom. The third-order valence-corrected chi connectivity index (χ3v) is 2.52. The fourth-order valence-corrected chi connectivity index (χ4v) is 1.15. The molecule has 0 bridgehead atoms. The van der Waals surface area contributed by atoms with Gasteiger partial charge in [0.2, 0.25) is 11.8 Å². The third-order valence-electron chi connectivity index (χ3n) is 2.52. The Morgan fingerprint density at radius 3 is 2.78 bits per heavy atom. The van der Waals surface area contributed by atoms with Gasteiger partial charge in [-0.05, 0) is 26.8 Å². The molecule has 0 aliphatic heterocycles. The summed E-state index contributed by atoms with van der Waals surface area (Å²) in [6.45, 7) is 7.39. The summed E-state index contributed by atoms with van der Waals surface area (Å²) in [5.41, 5.74) is 4.61. The summed E-state index contributed by atoms with van der Waals surface area (Å²) < 4.78 is 5.36. The molecule has 1 amide bonds. The summed E-state index contributed by atoms with van der Waals surface area (Å²) in [5, 5.41) is 13.8. The van der Waals surface area contributed by atoms with Gasteiger partial charge in [-0.1, -0.05) is 12.0 Å². The van der Waals surface area contributed by atoms with E-state index in [1.165, 1.54) is 0 Å². The zero-order chi connectivity index (χ0) is 13.6. The zero-order valence-corrected chi connectivity index (χ0v) is 11.1. The van der Waals surface area contributed by atoms with Gasteiger partial charge in [-0.3, -0.25) is 4.79 Å². The van der Waals surface area contributed by atoms with Crippen molar-refractivity contribution in [1.82, 2.24) is 15.5 Å². The Balaban J connectivity index is 2.42. The molecule has 7 nitrogen and oxygen atoms in total. The summed E-state index contributed by atoms with van der Waals surface area (Å²) >= 11 is 0. The Hall–Kier alpha value is -1.63. The lowest BCUT2D eigenvalue weighted by Crippen LogP contribution is -2.37. The highest BCUT2D eigenvalue weighted by atomic mass is 16.4. The minimum atomic E-state index is -0.658. The van der Waals surface area contributed by atoms with Crippen molar-refractivity contribution in [3.63, 3.8) is 0 Å². The van der Waals surface area contributed by atoms with Crippen LogP contribution in [0.25, 0.3) is 0 Å². The highest BCUT2D eigenvalue weighted by Gasteiger charge is 2.25. The maximum atomic E-state index is 11.1. The van der Waals surface area contributed by atoms with E-state index in [2.05, 4.69) is 27.8 Å². The number of hydrogen-bond acceptors (Lipinski definition) is 6. The van der Waals surface area contributed by atoms with Gasteiger partial charge < -0.3 is 20.8 Å². The van der Waals surface area contributed by atoms with E-state index in [0.29, 0.717) is 25.0 Å². The number of nitrogens with zero attached hydrogens (tertiary/aromatic N) is 2. The molecular formula is C11H21N5O2. The molecule has 0 radical (unpaired) electrons. The molecule has 0 saturated heterocycles. The molecule has 102 valence electrons. The van der Waals surface area contributed by atoms with E-state index in [0.717, 1.165) is 13.0 Å². The second kappa shape index (κ2) is 6.34. The molecule has 0 atom stereocenters. The van der Waals surface area contributed by atoms with Crippen LogP contribution in [0.5, 0.6) is 0 Å². The lowest BCUT2D eigenvalue weighted by molar-refractivity contribution is -0.125. The molecule has 0 saturated carbocycles. The van der Waals surface area contributed by atoms with Crippen LogP contribution in [0.3, 0.4) is 0 Å². The normalized spacial score (nSPS) is 11.5. The number of carbonyl (C=O) groups excluding carboxylic acids is 1. The predicted octanol–water partition coefficient (Wildman–Crippen LogP) is 0.493. The zero-order valence-electron chi connectivity index (χ0n) is 11.1. The molecule has 0 unspecified atom stereocenters. The second-order valence-corrected chi connectivity index (χ2v) is 4.78. The Bertz CT molecular complexity index is 389. The first-order valence-corrected chi connectivity index (χ1v) is 6.02. The maximum absolute atomic E-state index is 11.1. The SMILES string of the molecule is CCCNCc1nnc(NCC(C)(C)C(N)=O)o1. The van der Waals surface area contributed by atoms with Gasteiger partial charge in [0.25, 0.3) is 0 Å². The van der Waals surface area contributed by atoms with Gasteiger partial charge in [0, 0.05) is 6.54 Å². The summed E-state index contributed by atoms with van der Waals surface area (Å²) in [6, 6.07) is 0.303. The van der Waals surface area contributed by atoms with Crippen molar-refractivity contribution in [2.45, 2.75) is 33.7 Å². The molecular weight excluding hydrogens is 234 g/mol. The van der Waals surface area contributed by atoms with Crippen LogP contribution in [0.4, 0.5) is 6.01 Å². The van der Waals surface area contributed by atoms with E-state index >= 15 is 0 Å². The van der Waals surface area contributed by atoms with Crippen molar-refractivity contribution in [2.24, 2.45) is 11.1 Å². The summed E-state index contributed by atoms with van der Waals surface area (Å²) in [4.78, 5) is 11.1. The fraction of sp³-hybridized carbons (Fsp3) is 0.727. The number of aromatic nitrogens is 2. The average Bonchev–Trinajstić information content (AvgIpc) is 2.75. The second-order valence-electron chi connectivity index (χ2n) is 4.78. The number of hydrogen-bond donors (Lipinski definition) is 3. The molecule has 0 aromatic carbocycles. The largest absolute Gasteiger partial charge is 0.407 e. The molecule has 18 heavy (non-hydrogen) atoms. The quantitative estimate of drug-likeness (QED) is 0.584. The van der Waals surface area contributed by atoms with Crippen molar-refractivity contribution in [3.05, 3.63) is 5.89 Å². The number of carbonyl (C=O) groups is 1. The van der Waals surface area contributed by atoms with Crippen LogP contribution in [-0.4, -0.2) is 29.2 Å². The van der Waals surface area contributed by atoms with Crippen molar-refractivity contribution in [1.29, 1.82) is 0 Å². The highest BCUT2D eigenvalue weighted by molar-refractivity contribution is 5.80. The van der Waals surface area contributed by atoms with Crippen LogP contribution in [0, 0.1) is 5.41 Å². The van der Waals surface area contributed by atoms with E-state index in [4.69, 9.17) is 10.2 Å². The van der Waals surface area contributed by atoms with E-state index in [9.17, 15) is 4.79 Å². The Labute approximate surface area is 107 Å². The number of amides is 1. The fourth-order valence-electron chi connectivity index (χ4n) is 1.15. The third kappa shape index (κ3) is 4.33. The maximum Gasteiger partial charge on any atom is 0.315 e. The number of nitrogens with one attached hydrogen (secondary N) is 2. The van der Waals surface area contributed by atoms with Crippen LogP contribution in [0.15, 0.2) is 4.42 Å². The van der Waals surface area contributed by atoms with Gasteiger partial charge in [-0.25, -0.2) is 0 Å². The molecule has 0 spiro atoms. The molecule has 1 aromatic rings. The first-order valence-electron chi connectivity index (χ1n) is 6.02. The summed E-state index contributed by atoms with van der Waals surface area (Å²) in [5.74, 6) is 0.141. The minimum Gasteiger partial charge on any atom is -0.407 e. The molecule has 7 heteroatoms. The monoisotopic (exact) mass is 255 g/mol. The number of anilines is 1. The summed E-state index contributed by atoms with van der Waals surface area (Å²) in [7, 11) is 0. The van der Waals surface area contributed by atoms with Gasteiger partial charge in [0.05, 0.1) is 12.0 Å². The molecule has 1 aromatic heterocycles. The van der Waals surface area contributed by atoms with Crippen LogP contribution in [0.2, 0.25) is 0 Å². The standard InChI is InChI=1S/C11H21N5O2/c1-4-5-13-6-8-15-16-10(18-8)14-7-11(2,3)9(12)17/h13H,4-7H2,1-3H3,(H2,12,17)(H,14,16). The minimum absolute atomic E-state index is 0.303. The van der Waals surface area contributed by atoms with E-state index in [1.54, 1.807) is 13.8 Å². The van der Waals surface area contributed by atoms with Crippen molar-refractivity contribution in [2.75, 3.05) is 18.4 Å². The smallest absolute Gasteiger partial charge is 0.315 e. The number of rotatable bonds is 8. The molecule has 0 aliphatic carbocycles. The number of nitrogens with two attached hydrogens (primary N) is 1. The van der Waals surface area contributed by atoms with Crippen molar-refractivity contribution >= 4 is 11.9 Å². The molecule has 0 fully saturated rings. The van der Waals surface area contributed by atoms with Crippen LogP contribution in [0.1, 0.15) is 33.1 Å². The summed E-state index contributed by atoms with van der Waals surface area (Å²) in [6.07, 6.45) is 1.05. The van der Waals surface area contributed by atoms with Gasteiger partial charge in [0.15, 0.2) is 0 Å². The van der Waals surface area contributed by atoms with E-state index in [1.807, 2.05) is 0 Å². The van der Waals surface area contributed by atoms with Crippen LogP contribution in [-0.2, 0) is 11.3 Å². The number of primary amides is 1. The molecule has 0 aliphatic rings. The predicted molar refractivity (Wildman–Crippen MR) is 67.8 cm³/mol. The molecule has 1 heterocycles. The van der Waals surface area contributed by atoms with Gasteiger partial charge in [0.1, 0.15) is 0 Å². The lowest BCUT2D eigenvalue weighted by atomic mass is 9.93. The van der Waals surface area contributed by atoms with Crippen molar-refractivity contribution < 1.29 is 9.21 Å². The Morgan fingerprint density at radius 1 is 1.44 bits per heavy atom. The first-order chi connectivity index (χ1) is 8.45. The van der Waals surface area contributed by atoms with Gasteiger partial charge >= 0.3 is 6.01 Å². The first kappa shape index (κ1) is 14.4. The molecule has 1 rings (SSSR count). The van der Waals surface area contributed by atoms with Crippen LogP contribution < -0.4 is 16.4 Å². The lowest BCUT2D eigenvalue weighted by Gasteiger charge is -2.19. The highest BCUT2D eigenvalue weighted by Crippen LogP contribution is 2.15. The van der Waals surface area contributed by atoms with E-state index < -0.39 is 5.41 Å². The average molecular weight is 255 g/mol. The van der Waals surface area contributed by atoms with E-state index in [-0.39, 0.29) is 5.91 Å². The Kier molecular flexibility index (Phi) is 5.08. The van der Waals surface area contributed by atoms with Crippen LogP contribution >= 0.6 is 0 Å².